The van der Waals surface area contributed by atoms with E-state index in [0.29, 0.717) is 12.8 Å². The highest BCUT2D eigenvalue weighted by molar-refractivity contribution is 7.89. The summed E-state index contributed by atoms with van der Waals surface area (Å²) in [6.07, 6.45) is -0.919. The third-order valence-corrected chi connectivity index (χ3v) is 8.56. The number of amides is 1. The topological polar surface area (TPSA) is 116 Å². The molecule has 4 rings (SSSR count). The maximum absolute atomic E-state index is 13.4. The zero-order valence-electron chi connectivity index (χ0n) is 21.7. The molecule has 3 aromatic carbocycles. The van der Waals surface area contributed by atoms with Crippen LogP contribution in [0.25, 0.3) is 0 Å². The van der Waals surface area contributed by atoms with Crippen molar-refractivity contribution in [3.8, 4) is 0 Å². The molecular weight excluding hydrogens is 500 g/mol. The minimum Gasteiger partial charge on any atom is -0.392 e. The fourth-order valence-corrected chi connectivity index (χ4v) is 6.01. The number of benzene rings is 3. The first-order valence-electron chi connectivity index (χ1n) is 13.0. The van der Waals surface area contributed by atoms with Crippen molar-refractivity contribution in [2.75, 3.05) is 6.54 Å². The Morgan fingerprint density at radius 3 is 2.32 bits per heavy atom. The summed E-state index contributed by atoms with van der Waals surface area (Å²) in [5.74, 6) is -0.629. The summed E-state index contributed by atoms with van der Waals surface area (Å²) in [5.41, 5.74) is 3.86. The largest absolute Gasteiger partial charge is 0.392 e. The lowest BCUT2D eigenvalue weighted by atomic mass is 9.92. The van der Waals surface area contributed by atoms with Gasteiger partial charge in [-0.05, 0) is 53.1 Å². The molecule has 4 N–H and O–H groups in total. The number of carbonyl (C=O) groups is 1. The van der Waals surface area contributed by atoms with E-state index in [-0.39, 0.29) is 29.7 Å². The number of hydrogen-bond donors (Lipinski definition) is 4. The number of carbonyl (C=O) groups excluding carboxylic acids is 1. The summed E-state index contributed by atoms with van der Waals surface area (Å²) >= 11 is 0. The average molecular weight is 537 g/mol. The Hall–Kier alpha value is -3.04. The maximum atomic E-state index is 13.4. The Kier molecular flexibility index (Phi) is 8.99. The van der Waals surface area contributed by atoms with Crippen molar-refractivity contribution >= 4 is 15.9 Å². The standard InChI is InChI=1S/C30H36N2O5S/c1-20(2)22-12-14-26(15-13-22)38(36,37)31-19-25(33)17-24(16-21-8-4-3-5-9-21)30(35)32-29-27-11-7-6-10-23(27)18-28(29)34/h3-15,20,24-25,28-29,31,33-34H,16-19H2,1-2H3,(H,32,35)/t24-,25+,28-,29+/m1/s1. The van der Waals surface area contributed by atoms with Gasteiger partial charge in [-0.25, -0.2) is 13.1 Å². The molecule has 0 spiro atoms. The Morgan fingerprint density at radius 2 is 1.63 bits per heavy atom. The second kappa shape index (κ2) is 12.2. The van der Waals surface area contributed by atoms with Crippen molar-refractivity contribution in [1.29, 1.82) is 0 Å². The second-order valence-electron chi connectivity index (χ2n) is 10.3. The molecule has 0 aliphatic heterocycles. The summed E-state index contributed by atoms with van der Waals surface area (Å²) in [4.78, 5) is 13.6. The molecule has 1 amide bonds. The molecule has 1 aliphatic carbocycles. The molecule has 0 aromatic heterocycles. The molecule has 3 aromatic rings. The van der Waals surface area contributed by atoms with Crippen molar-refractivity contribution in [1.82, 2.24) is 10.0 Å². The molecule has 38 heavy (non-hydrogen) atoms. The smallest absolute Gasteiger partial charge is 0.240 e. The Balaban J connectivity index is 1.43. The third-order valence-electron chi connectivity index (χ3n) is 7.12. The van der Waals surface area contributed by atoms with Gasteiger partial charge >= 0.3 is 0 Å². The van der Waals surface area contributed by atoms with Crippen LogP contribution in [0.15, 0.2) is 83.8 Å². The van der Waals surface area contributed by atoms with Crippen LogP contribution in [0.3, 0.4) is 0 Å². The van der Waals surface area contributed by atoms with Gasteiger partial charge in [0.25, 0.3) is 0 Å². The monoisotopic (exact) mass is 536 g/mol. The van der Waals surface area contributed by atoms with Gasteiger partial charge in [-0.15, -0.1) is 0 Å². The van der Waals surface area contributed by atoms with E-state index in [4.69, 9.17) is 0 Å². The van der Waals surface area contributed by atoms with Gasteiger partial charge in [-0.2, -0.15) is 0 Å². The van der Waals surface area contributed by atoms with E-state index in [9.17, 15) is 23.4 Å². The van der Waals surface area contributed by atoms with Crippen LogP contribution in [0.2, 0.25) is 0 Å². The van der Waals surface area contributed by atoms with Crippen LogP contribution in [0.4, 0.5) is 0 Å². The lowest BCUT2D eigenvalue weighted by Crippen LogP contribution is -2.41. The highest BCUT2D eigenvalue weighted by Gasteiger charge is 2.34. The van der Waals surface area contributed by atoms with Crippen molar-refractivity contribution in [2.24, 2.45) is 5.92 Å². The third kappa shape index (κ3) is 6.88. The van der Waals surface area contributed by atoms with Gasteiger partial charge < -0.3 is 15.5 Å². The minimum absolute atomic E-state index is 0.0556. The van der Waals surface area contributed by atoms with Crippen molar-refractivity contribution in [2.45, 2.75) is 62.2 Å². The molecule has 0 unspecified atom stereocenters. The van der Waals surface area contributed by atoms with Crippen LogP contribution in [0.5, 0.6) is 0 Å². The average Bonchev–Trinajstić information content (AvgIpc) is 3.22. The molecule has 0 saturated carbocycles. The van der Waals surface area contributed by atoms with Crippen molar-refractivity contribution in [3.05, 3.63) is 101 Å². The fraction of sp³-hybridized carbons (Fsp3) is 0.367. The van der Waals surface area contributed by atoms with Gasteiger partial charge in [0.15, 0.2) is 0 Å². The summed E-state index contributed by atoms with van der Waals surface area (Å²) in [5, 5.41) is 24.4. The summed E-state index contributed by atoms with van der Waals surface area (Å²) < 4.78 is 28.0. The van der Waals surface area contributed by atoms with E-state index in [1.165, 1.54) is 0 Å². The van der Waals surface area contributed by atoms with Crippen molar-refractivity contribution in [3.63, 3.8) is 0 Å². The van der Waals surface area contributed by atoms with Gasteiger partial charge in [-0.1, -0.05) is 80.6 Å². The fourth-order valence-electron chi connectivity index (χ4n) is 4.93. The van der Waals surface area contributed by atoms with Crippen LogP contribution in [0, 0.1) is 5.92 Å². The number of aliphatic hydroxyl groups is 2. The van der Waals surface area contributed by atoms with Crippen LogP contribution >= 0.6 is 0 Å². The van der Waals surface area contributed by atoms with Gasteiger partial charge in [0.1, 0.15) is 0 Å². The molecule has 8 heteroatoms. The lowest BCUT2D eigenvalue weighted by Gasteiger charge is -2.24. The quantitative estimate of drug-likeness (QED) is 0.300. The first-order valence-corrected chi connectivity index (χ1v) is 14.5. The van der Waals surface area contributed by atoms with Crippen LogP contribution in [-0.2, 0) is 27.7 Å². The molecule has 1 aliphatic rings. The number of aliphatic hydroxyl groups excluding tert-OH is 2. The second-order valence-corrected chi connectivity index (χ2v) is 12.1. The van der Waals surface area contributed by atoms with Gasteiger partial charge in [-0.3, -0.25) is 4.79 Å². The molecule has 0 fully saturated rings. The molecule has 0 bridgehead atoms. The van der Waals surface area contributed by atoms with E-state index < -0.39 is 34.2 Å². The van der Waals surface area contributed by atoms with Crippen LogP contribution in [0.1, 0.15) is 54.5 Å². The zero-order valence-corrected chi connectivity index (χ0v) is 22.6. The predicted octanol–water partition coefficient (Wildman–Crippen LogP) is 3.47. The molecule has 0 saturated heterocycles. The highest BCUT2D eigenvalue weighted by atomic mass is 32.2. The van der Waals surface area contributed by atoms with Crippen LogP contribution < -0.4 is 10.0 Å². The maximum Gasteiger partial charge on any atom is 0.240 e. The van der Waals surface area contributed by atoms with E-state index in [2.05, 4.69) is 10.0 Å². The molecule has 7 nitrogen and oxygen atoms in total. The summed E-state index contributed by atoms with van der Waals surface area (Å²) in [6, 6.07) is 23.3. The van der Waals surface area contributed by atoms with E-state index in [1.54, 1.807) is 24.3 Å². The number of rotatable bonds is 11. The number of nitrogens with one attached hydrogen (secondary N) is 2. The van der Waals surface area contributed by atoms with Crippen molar-refractivity contribution < 1.29 is 23.4 Å². The van der Waals surface area contributed by atoms with E-state index in [0.717, 1.165) is 22.3 Å². The molecule has 0 heterocycles. The molecule has 0 radical (unpaired) electrons. The Labute approximate surface area is 225 Å². The minimum atomic E-state index is -3.82. The van der Waals surface area contributed by atoms with Gasteiger partial charge in [0.05, 0.1) is 23.1 Å². The lowest BCUT2D eigenvalue weighted by molar-refractivity contribution is -0.127. The zero-order chi connectivity index (χ0) is 27.3. The molecule has 202 valence electrons. The first-order chi connectivity index (χ1) is 18.1. The summed E-state index contributed by atoms with van der Waals surface area (Å²) in [7, 11) is -3.82. The number of fused-ring (bicyclic) bond motifs is 1. The predicted molar refractivity (Wildman–Crippen MR) is 147 cm³/mol. The summed E-state index contributed by atoms with van der Waals surface area (Å²) in [6.45, 7) is 3.85. The molecular formula is C30H36N2O5S. The SMILES string of the molecule is CC(C)c1ccc(S(=O)(=O)NC[C@@H](O)C[C@@H](Cc2ccccc2)C(=O)N[C@H]2c3ccccc3C[C@H]2O)cc1. The van der Waals surface area contributed by atoms with Gasteiger partial charge in [0.2, 0.25) is 15.9 Å². The Bertz CT molecular complexity index is 1330. The number of hydrogen-bond acceptors (Lipinski definition) is 5. The number of sulfonamides is 1. The van der Waals surface area contributed by atoms with E-state index in [1.807, 2.05) is 68.4 Å². The van der Waals surface area contributed by atoms with E-state index >= 15 is 0 Å². The normalized spacial score (nSPS) is 18.7. The first kappa shape index (κ1) is 28.0. The van der Waals surface area contributed by atoms with Gasteiger partial charge in [0, 0.05) is 18.9 Å². The molecule has 4 atom stereocenters. The Morgan fingerprint density at radius 1 is 0.974 bits per heavy atom. The van der Waals surface area contributed by atoms with Crippen LogP contribution in [-0.4, -0.2) is 43.3 Å². The highest BCUT2D eigenvalue weighted by Crippen LogP contribution is 2.32.